The summed E-state index contributed by atoms with van der Waals surface area (Å²) in [5.74, 6) is 0.0467. The predicted octanol–water partition coefficient (Wildman–Crippen LogP) is 2.78. The standard InChI is InChI=1S/C13H17NOS/c1-4-9-14-13(15)11(3)16-12-7-5-10(2)6-8-12/h4-8,11H,1,9H2,2-3H3,(H,14,15)/t11-/m1/s1. The number of carbonyl (C=O) groups is 1. The minimum atomic E-state index is -0.0809. The Morgan fingerprint density at radius 2 is 2.12 bits per heavy atom. The molecule has 16 heavy (non-hydrogen) atoms. The molecule has 1 amide bonds. The molecular formula is C13H17NOS. The molecule has 1 aromatic rings. The van der Waals surface area contributed by atoms with E-state index < -0.39 is 0 Å². The first kappa shape index (κ1) is 12.8. The number of carbonyl (C=O) groups excluding carboxylic acids is 1. The van der Waals surface area contributed by atoms with E-state index in [0.717, 1.165) is 4.90 Å². The van der Waals surface area contributed by atoms with E-state index in [1.165, 1.54) is 5.56 Å². The van der Waals surface area contributed by atoms with Gasteiger partial charge < -0.3 is 5.32 Å². The third-order valence-electron chi connectivity index (χ3n) is 2.12. The van der Waals surface area contributed by atoms with Crippen LogP contribution in [0.15, 0.2) is 41.8 Å². The molecule has 0 aliphatic rings. The van der Waals surface area contributed by atoms with Gasteiger partial charge in [0.15, 0.2) is 0 Å². The number of hydrogen-bond donors (Lipinski definition) is 1. The highest BCUT2D eigenvalue weighted by Gasteiger charge is 2.12. The maximum atomic E-state index is 11.6. The van der Waals surface area contributed by atoms with E-state index in [1.54, 1.807) is 17.8 Å². The molecule has 0 spiro atoms. The second-order valence-electron chi connectivity index (χ2n) is 3.61. The van der Waals surface area contributed by atoms with Gasteiger partial charge in [-0.25, -0.2) is 0 Å². The van der Waals surface area contributed by atoms with Crippen LogP contribution in [0.3, 0.4) is 0 Å². The first-order valence-electron chi connectivity index (χ1n) is 5.25. The number of amides is 1. The van der Waals surface area contributed by atoms with Crippen LogP contribution in [0.2, 0.25) is 0 Å². The maximum absolute atomic E-state index is 11.6. The number of hydrogen-bond acceptors (Lipinski definition) is 2. The van der Waals surface area contributed by atoms with Crippen LogP contribution in [0.4, 0.5) is 0 Å². The molecule has 0 aliphatic carbocycles. The van der Waals surface area contributed by atoms with E-state index in [9.17, 15) is 4.79 Å². The molecule has 1 atom stereocenters. The SMILES string of the molecule is C=CCNC(=O)[C@@H](C)Sc1ccc(C)cc1. The summed E-state index contributed by atoms with van der Waals surface area (Å²) in [4.78, 5) is 12.7. The molecule has 1 N–H and O–H groups in total. The second-order valence-corrected chi connectivity index (χ2v) is 5.02. The highest BCUT2D eigenvalue weighted by atomic mass is 32.2. The van der Waals surface area contributed by atoms with Crippen molar-refractivity contribution in [3.8, 4) is 0 Å². The Morgan fingerprint density at radius 1 is 1.50 bits per heavy atom. The van der Waals surface area contributed by atoms with E-state index in [2.05, 4.69) is 31.0 Å². The molecule has 0 bridgehead atoms. The number of aryl methyl sites for hydroxylation is 1. The van der Waals surface area contributed by atoms with Crippen LogP contribution < -0.4 is 5.32 Å². The smallest absolute Gasteiger partial charge is 0.233 e. The van der Waals surface area contributed by atoms with Crippen molar-refractivity contribution >= 4 is 17.7 Å². The zero-order valence-corrected chi connectivity index (χ0v) is 10.5. The molecule has 86 valence electrons. The summed E-state index contributed by atoms with van der Waals surface area (Å²) in [5, 5.41) is 2.71. The Morgan fingerprint density at radius 3 is 2.69 bits per heavy atom. The minimum Gasteiger partial charge on any atom is -0.352 e. The molecule has 0 heterocycles. The van der Waals surface area contributed by atoms with Crippen LogP contribution in [0, 0.1) is 6.92 Å². The van der Waals surface area contributed by atoms with Gasteiger partial charge in [-0.15, -0.1) is 18.3 Å². The van der Waals surface area contributed by atoms with Gasteiger partial charge in [-0.3, -0.25) is 4.79 Å². The van der Waals surface area contributed by atoms with Crippen molar-refractivity contribution in [2.75, 3.05) is 6.54 Å². The fourth-order valence-electron chi connectivity index (χ4n) is 1.19. The summed E-state index contributed by atoms with van der Waals surface area (Å²) in [6, 6.07) is 8.18. The zero-order chi connectivity index (χ0) is 12.0. The van der Waals surface area contributed by atoms with E-state index >= 15 is 0 Å². The van der Waals surface area contributed by atoms with Gasteiger partial charge in [0.25, 0.3) is 0 Å². The van der Waals surface area contributed by atoms with Crippen molar-refractivity contribution in [1.29, 1.82) is 0 Å². The predicted molar refractivity (Wildman–Crippen MR) is 69.7 cm³/mol. The molecule has 1 aromatic carbocycles. The largest absolute Gasteiger partial charge is 0.352 e. The van der Waals surface area contributed by atoms with E-state index in [4.69, 9.17) is 0 Å². The number of nitrogens with one attached hydrogen (secondary N) is 1. The lowest BCUT2D eigenvalue weighted by Crippen LogP contribution is -2.30. The maximum Gasteiger partial charge on any atom is 0.233 e. The van der Waals surface area contributed by atoms with Gasteiger partial charge in [0.1, 0.15) is 0 Å². The summed E-state index contributed by atoms with van der Waals surface area (Å²) >= 11 is 1.56. The topological polar surface area (TPSA) is 29.1 Å². The molecule has 0 radical (unpaired) electrons. The Balaban J connectivity index is 2.50. The van der Waals surface area contributed by atoms with E-state index in [1.807, 2.05) is 19.1 Å². The Bertz CT molecular complexity index is 359. The average Bonchev–Trinajstić information content (AvgIpc) is 2.29. The quantitative estimate of drug-likeness (QED) is 0.628. The van der Waals surface area contributed by atoms with Crippen LogP contribution in [-0.4, -0.2) is 17.7 Å². The Labute approximate surface area is 101 Å². The van der Waals surface area contributed by atoms with Crippen molar-refractivity contribution in [2.24, 2.45) is 0 Å². The Kier molecular flexibility index (Phi) is 5.12. The molecule has 1 rings (SSSR count). The first-order chi connectivity index (χ1) is 7.63. The van der Waals surface area contributed by atoms with E-state index in [-0.39, 0.29) is 11.2 Å². The minimum absolute atomic E-state index is 0.0467. The van der Waals surface area contributed by atoms with Gasteiger partial charge in [-0.05, 0) is 26.0 Å². The molecule has 0 saturated carbocycles. The van der Waals surface area contributed by atoms with Crippen molar-refractivity contribution in [3.63, 3.8) is 0 Å². The molecule has 0 aliphatic heterocycles. The monoisotopic (exact) mass is 235 g/mol. The van der Waals surface area contributed by atoms with Crippen LogP contribution in [0.5, 0.6) is 0 Å². The molecular weight excluding hydrogens is 218 g/mol. The lowest BCUT2D eigenvalue weighted by Gasteiger charge is -2.10. The summed E-state index contributed by atoms with van der Waals surface area (Å²) in [6.45, 7) is 8.05. The molecule has 0 fully saturated rings. The second kappa shape index (κ2) is 6.38. The van der Waals surface area contributed by atoms with Gasteiger partial charge in [-0.1, -0.05) is 23.8 Å². The molecule has 0 saturated heterocycles. The summed E-state index contributed by atoms with van der Waals surface area (Å²) < 4.78 is 0. The van der Waals surface area contributed by atoms with Gasteiger partial charge in [0, 0.05) is 11.4 Å². The number of benzene rings is 1. The van der Waals surface area contributed by atoms with Crippen molar-refractivity contribution < 1.29 is 4.79 Å². The van der Waals surface area contributed by atoms with Crippen LogP contribution in [0.1, 0.15) is 12.5 Å². The zero-order valence-electron chi connectivity index (χ0n) is 9.69. The Hall–Kier alpha value is -1.22. The van der Waals surface area contributed by atoms with Crippen molar-refractivity contribution in [1.82, 2.24) is 5.32 Å². The molecule has 0 aromatic heterocycles. The lowest BCUT2D eigenvalue weighted by atomic mass is 10.2. The van der Waals surface area contributed by atoms with Gasteiger partial charge in [-0.2, -0.15) is 0 Å². The average molecular weight is 235 g/mol. The lowest BCUT2D eigenvalue weighted by molar-refractivity contribution is -0.120. The van der Waals surface area contributed by atoms with Crippen LogP contribution in [0.25, 0.3) is 0 Å². The van der Waals surface area contributed by atoms with Gasteiger partial charge in [0.05, 0.1) is 5.25 Å². The summed E-state index contributed by atoms with van der Waals surface area (Å²) in [7, 11) is 0. The first-order valence-corrected chi connectivity index (χ1v) is 6.13. The fraction of sp³-hybridized carbons (Fsp3) is 0.308. The van der Waals surface area contributed by atoms with Crippen molar-refractivity contribution in [2.45, 2.75) is 24.0 Å². The van der Waals surface area contributed by atoms with E-state index in [0.29, 0.717) is 6.54 Å². The third-order valence-corrected chi connectivity index (χ3v) is 3.24. The highest BCUT2D eigenvalue weighted by Crippen LogP contribution is 2.23. The van der Waals surface area contributed by atoms with Crippen LogP contribution in [-0.2, 0) is 4.79 Å². The number of rotatable bonds is 5. The number of thioether (sulfide) groups is 1. The normalized spacial score (nSPS) is 11.9. The summed E-state index contributed by atoms with van der Waals surface area (Å²) in [6.07, 6.45) is 1.68. The van der Waals surface area contributed by atoms with Gasteiger partial charge >= 0.3 is 0 Å². The van der Waals surface area contributed by atoms with Crippen LogP contribution >= 0.6 is 11.8 Å². The van der Waals surface area contributed by atoms with Gasteiger partial charge in [0.2, 0.25) is 5.91 Å². The highest BCUT2D eigenvalue weighted by molar-refractivity contribution is 8.00. The fourth-order valence-corrected chi connectivity index (χ4v) is 2.08. The molecule has 3 heteroatoms. The molecule has 0 unspecified atom stereocenters. The van der Waals surface area contributed by atoms with Crippen molar-refractivity contribution in [3.05, 3.63) is 42.5 Å². The summed E-state index contributed by atoms with van der Waals surface area (Å²) in [5.41, 5.74) is 1.23. The molecule has 2 nitrogen and oxygen atoms in total. The third kappa shape index (κ3) is 4.11.